The van der Waals surface area contributed by atoms with Crippen molar-refractivity contribution >= 4 is 39.6 Å². The summed E-state index contributed by atoms with van der Waals surface area (Å²) in [6, 6.07) is 23.1. The van der Waals surface area contributed by atoms with Gasteiger partial charge in [0.05, 0.1) is 30.7 Å². The maximum absolute atomic E-state index is 6.35. The van der Waals surface area contributed by atoms with E-state index in [1.165, 1.54) is 0 Å². The van der Waals surface area contributed by atoms with Gasteiger partial charge in [-0.2, -0.15) is 0 Å². The molecule has 0 spiro atoms. The summed E-state index contributed by atoms with van der Waals surface area (Å²) in [5.74, 6) is 1.44. The number of nitrogens with zero attached hydrogens (tertiary/aromatic N) is 2. The van der Waals surface area contributed by atoms with E-state index in [4.69, 9.17) is 35.5 Å². The lowest BCUT2D eigenvalue weighted by Gasteiger charge is -2.08. The predicted octanol–water partition coefficient (Wildman–Crippen LogP) is 7.52. The molecule has 0 N–H and O–H groups in total. The van der Waals surface area contributed by atoms with Crippen molar-refractivity contribution in [3.8, 4) is 33.3 Å². The van der Waals surface area contributed by atoms with Gasteiger partial charge in [0.1, 0.15) is 10.8 Å². The Bertz CT molecular complexity index is 1510. The van der Waals surface area contributed by atoms with Crippen molar-refractivity contribution in [3.05, 3.63) is 88.8 Å². The number of thiazole rings is 1. The van der Waals surface area contributed by atoms with Gasteiger partial charge in [-0.1, -0.05) is 35.9 Å². The number of para-hydroxylation sites is 1. The lowest BCUT2D eigenvalue weighted by Crippen LogP contribution is -2.06. The van der Waals surface area contributed by atoms with Gasteiger partial charge >= 0.3 is 0 Å². The number of rotatable bonds is 6. The zero-order valence-electron chi connectivity index (χ0n) is 18.6. The molecule has 0 amide bonds. The fraction of sp³-hybridized carbons (Fsp3) is 0.111. The second-order valence-corrected chi connectivity index (χ2v) is 8.72. The van der Waals surface area contributed by atoms with E-state index in [-0.39, 0.29) is 0 Å². The van der Waals surface area contributed by atoms with Gasteiger partial charge < -0.3 is 13.9 Å². The molecule has 5 aromatic rings. The number of methoxy groups -OCH3 is 1. The van der Waals surface area contributed by atoms with E-state index >= 15 is 0 Å². The van der Waals surface area contributed by atoms with Crippen molar-refractivity contribution in [2.45, 2.75) is 6.92 Å². The summed E-state index contributed by atoms with van der Waals surface area (Å²) in [4.78, 5) is 9.69. The minimum absolute atomic E-state index is 0.460. The lowest BCUT2D eigenvalue weighted by molar-refractivity contribution is 0.337. The predicted molar refractivity (Wildman–Crippen MR) is 137 cm³/mol. The van der Waals surface area contributed by atoms with Crippen LogP contribution in [0.25, 0.3) is 32.8 Å². The van der Waals surface area contributed by atoms with Crippen LogP contribution in [-0.4, -0.2) is 18.7 Å². The Morgan fingerprint density at radius 3 is 2.56 bits per heavy atom. The highest BCUT2D eigenvalue weighted by Crippen LogP contribution is 2.32. The Kier molecular flexibility index (Phi) is 6.34. The summed E-state index contributed by atoms with van der Waals surface area (Å²) >= 11 is 7.59. The van der Waals surface area contributed by atoms with Crippen LogP contribution in [0.15, 0.2) is 87.6 Å². The molecule has 34 heavy (non-hydrogen) atoms. The molecule has 7 heteroatoms. The molecule has 2 heterocycles. The molecule has 5 nitrogen and oxygen atoms in total. The first-order valence-electron chi connectivity index (χ1n) is 10.7. The third kappa shape index (κ3) is 4.55. The Labute approximate surface area is 205 Å². The first-order chi connectivity index (χ1) is 16.6. The summed E-state index contributed by atoms with van der Waals surface area (Å²) in [5, 5.41) is 4.44. The van der Waals surface area contributed by atoms with Crippen LogP contribution in [0.1, 0.15) is 6.92 Å². The van der Waals surface area contributed by atoms with Gasteiger partial charge in [-0.05, 0) is 55.5 Å². The molecule has 0 aliphatic heterocycles. The van der Waals surface area contributed by atoms with Crippen LogP contribution in [0.3, 0.4) is 0 Å². The number of benzene rings is 3. The van der Waals surface area contributed by atoms with Crippen molar-refractivity contribution < 1.29 is 13.9 Å². The van der Waals surface area contributed by atoms with E-state index in [9.17, 15) is 0 Å². The fourth-order valence-corrected chi connectivity index (χ4v) is 4.52. The molecular formula is C27H21ClN2O3S. The van der Waals surface area contributed by atoms with Crippen LogP contribution in [0.4, 0.5) is 5.69 Å². The summed E-state index contributed by atoms with van der Waals surface area (Å²) in [7, 11) is 1.64. The molecular weight excluding hydrogens is 468 g/mol. The highest BCUT2D eigenvalue weighted by molar-refractivity contribution is 7.13. The highest BCUT2D eigenvalue weighted by atomic mass is 35.5. The van der Waals surface area contributed by atoms with E-state index in [0.717, 1.165) is 38.7 Å². The van der Waals surface area contributed by atoms with Crippen LogP contribution in [0.2, 0.25) is 5.02 Å². The van der Waals surface area contributed by atoms with E-state index in [1.54, 1.807) is 18.4 Å². The van der Waals surface area contributed by atoms with Gasteiger partial charge in [0.25, 0.3) is 0 Å². The maximum atomic E-state index is 6.35. The first-order valence-corrected chi connectivity index (χ1v) is 12.0. The van der Waals surface area contributed by atoms with E-state index in [0.29, 0.717) is 28.5 Å². The lowest BCUT2D eigenvalue weighted by atomic mass is 10.1. The molecule has 0 fully saturated rings. The number of hydrogen-bond donors (Lipinski definition) is 0. The molecule has 170 valence electrons. The summed E-state index contributed by atoms with van der Waals surface area (Å²) < 4.78 is 17.4. The van der Waals surface area contributed by atoms with Gasteiger partial charge in [-0.15, -0.1) is 11.3 Å². The Morgan fingerprint density at radius 2 is 1.82 bits per heavy atom. The normalized spacial score (nSPS) is 11.7. The summed E-state index contributed by atoms with van der Waals surface area (Å²) in [5.41, 5.74) is 4.53. The number of aromatic nitrogens is 1. The zero-order valence-corrected chi connectivity index (χ0v) is 20.2. The van der Waals surface area contributed by atoms with E-state index < -0.39 is 0 Å². The second kappa shape index (κ2) is 9.71. The topological polar surface area (TPSA) is 56.9 Å². The van der Waals surface area contributed by atoms with Crippen molar-refractivity contribution in [3.63, 3.8) is 0 Å². The minimum atomic E-state index is 0.460. The minimum Gasteiger partial charge on any atom is -0.497 e. The number of hydrogen-bond acceptors (Lipinski definition) is 6. The first kappa shape index (κ1) is 22.2. The van der Waals surface area contributed by atoms with Crippen molar-refractivity contribution in [1.29, 1.82) is 0 Å². The summed E-state index contributed by atoms with van der Waals surface area (Å²) in [6.07, 6.45) is 0. The SMILES string of the molecule is CCOc1cccc2cc(-c3nc(-c4ccc(Cl)cc4)cs3)c(=Nc3ccc(OC)cc3)oc12. The highest BCUT2D eigenvalue weighted by Gasteiger charge is 2.14. The summed E-state index contributed by atoms with van der Waals surface area (Å²) in [6.45, 7) is 2.49. The third-order valence-electron chi connectivity index (χ3n) is 5.22. The molecule has 0 saturated heterocycles. The van der Waals surface area contributed by atoms with Gasteiger partial charge in [0, 0.05) is 21.4 Å². The maximum Gasteiger partial charge on any atom is 0.230 e. The molecule has 3 aromatic carbocycles. The van der Waals surface area contributed by atoms with Crippen LogP contribution >= 0.6 is 22.9 Å². The van der Waals surface area contributed by atoms with Crippen molar-refractivity contribution in [1.82, 2.24) is 4.98 Å². The average Bonchev–Trinajstić information content (AvgIpc) is 3.35. The van der Waals surface area contributed by atoms with Gasteiger partial charge in [0.15, 0.2) is 11.3 Å². The molecule has 0 atom stereocenters. The van der Waals surface area contributed by atoms with Crippen LogP contribution < -0.4 is 15.0 Å². The molecule has 0 aliphatic rings. The van der Waals surface area contributed by atoms with Crippen LogP contribution in [-0.2, 0) is 0 Å². The van der Waals surface area contributed by atoms with E-state index in [2.05, 4.69) is 0 Å². The standard InChI is InChI=1S/C27H21ClN2O3S/c1-3-32-24-6-4-5-18-15-22(27-30-23(16-34-27)17-7-9-19(28)10-8-17)26(33-25(18)24)29-20-11-13-21(31-2)14-12-20/h4-16H,3H2,1-2H3. The fourth-order valence-electron chi connectivity index (χ4n) is 3.55. The molecule has 2 aromatic heterocycles. The molecule has 0 unspecified atom stereocenters. The average molecular weight is 489 g/mol. The van der Waals surface area contributed by atoms with Gasteiger partial charge in [-0.25, -0.2) is 9.98 Å². The van der Waals surface area contributed by atoms with Crippen LogP contribution in [0, 0.1) is 0 Å². The van der Waals surface area contributed by atoms with Gasteiger partial charge in [-0.3, -0.25) is 0 Å². The largest absolute Gasteiger partial charge is 0.497 e. The smallest absolute Gasteiger partial charge is 0.230 e. The van der Waals surface area contributed by atoms with Crippen molar-refractivity contribution in [2.75, 3.05) is 13.7 Å². The van der Waals surface area contributed by atoms with Crippen LogP contribution in [0.5, 0.6) is 11.5 Å². The molecule has 0 bridgehead atoms. The molecule has 0 saturated carbocycles. The number of ether oxygens (including phenoxy) is 2. The Hall–Kier alpha value is -3.61. The quantitative estimate of drug-likeness (QED) is 0.248. The molecule has 5 rings (SSSR count). The zero-order chi connectivity index (χ0) is 23.5. The van der Waals surface area contributed by atoms with Crippen molar-refractivity contribution in [2.24, 2.45) is 4.99 Å². The van der Waals surface area contributed by atoms with Gasteiger partial charge in [0.2, 0.25) is 5.55 Å². The third-order valence-corrected chi connectivity index (χ3v) is 6.34. The number of fused-ring (bicyclic) bond motifs is 1. The monoisotopic (exact) mass is 488 g/mol. The Morgan fingerprint density at radius 1 is 1.03 bits per heavy atom. The number of halogens is 1. The molecule has 0 radical (unpaired) electrons. The molecule has 0 aliphatic carbocycles. The Balaban J connectivity index is 1.69. The second-order valence-electron chi connectivity index (χ2n) is 7.43. The van der Waals surface area contributed by atoms with E-state index in [1.807, 2.05) is 85.1 Å².